The van der Waals surface area contributed by atoms with E-state index in [0.29, 0.717) is 0 Å². The first-order chi connectivity index (χ1) is 10.3. The Kier molecular flexibility index (Phi) is 3.95. The van der Waals surface area contributed by atoms with Crippen molar-refractivity contribution < 1.29 is 4.74 Å². The summed E-state index contributed by atoms with van der Waals surface area (Å²) in [6.07, 6.45) is 6.97. The average Bonchev–Trinajstić information content (AvgIpc) is 3.13. The monoisotopic (exact) mass is 283 g/mol. The third-order valence-electron chi connectivity index (χ3n) is 3.71. The van der Waals surface area contributed by atoms with E-state index in [1.807, 2.05) is 18.6 Å². The molecule has 3 aromatic rings. The lowest BCUT2D eigenvalue weighted by Crippen LogP contribution is -2.05. The Morgan fingerprint density at radius 2 is 2.05 bits per heavy atom. The number of hydrogen-bond donors (Lipinski definition) is 0. The maximum atomic E-state index is 5.83. The van der Waals surface area contributed by atoms with E-state index < -0.39 is 0 Å². The maximum absolute atomic E-state index is 5.83. The van der Waals surface area contributed by atoms with Crippen molar-refractivity contribution >= 4 is 10.9 Å². The van der Waals surface area contributed by atoms with Crippen LogP contribution in [-0.2, 0) is 13.1 Å². The van der Waals surface area contributed by atoms with E-state index in [4.69, 9.17) is 4.74 Å². The molecule has 2 aromatic heterocycles. The lowest BCUT2D eigenvalue weighted by Gasteiger charge is -2.09. The van der Waals surface area contributed by atoms with E-state index in [2.05, 4.69) is 52.4 Å². The second-order valence-corrected chi connectivity index (χ2v) is 5.15. The molecule has 0 radical (unpaired) electrons. The van der Waals surface area contributed by atoms with Gasteiger partial charge in [0.15, 0.2) is 0 Å². The molecule has 0 saturated heterocycles. The minimum atomic E-state index is 0.757. The molecule has 0 spiro atoms. The number of rotatable bonds is 6. The first kappa shape index (κ1) is 13.7. The molecule has 0 atom stereocenters. The van der Waals surface area contributed by atoms with Gasteiger partial charge in [0.1, 0.15) is 5.75 Å². The molecule has 0 amide bonds. The van der Waals surface area contributed by atoms with Crippen molar-refractivity contribution in [3.63, 3.8) is 0 Å². The number of fused-ring (bicyclic) bond motifs is 1. The van der Waals surface area contributed by atoms with Gasteiger partial charge in [-0.1, -0.05) is 13.0 Å². The van der Waals surface area contributed by atoms with E-state index in [-0.39, 0.29) is 0 Å². The van der Waals surface area contributed by atoms with Crippen molar-refractivity contribution in [2.75, 3.05) is 6.61 Å². The Morgan fingerprint density at radius 3 is 2.86 bits per heavy atom. The molecule has 0 saturated carbocycles. The van der Waals surface area contributed by atoms with Crippen LogP contribution in [0.4, 0.5) is 0 Å². The first-order valence-electron chi connectivity index (χ1n) is 7.53. The van der Waals surface area contributed by atoms with Gasteiger partial charge in [-0.2, -0.15) is 0 Å². The van der Waals surface area contributed by atoms with Crippen LogP contribution in [0.2, 0.25) is 0 Å². The quantitative estimate of drug-likeness (QED) is 0.691. The molecule has 4 nitrogen and oxygen atoms in total. The molecule has 0 bridgehead atoms. The van der Waals surface area contributed by atoms with Crippen molar-refractivity contribution in [2.24, 2.45) is 0 Å². The Balaban J connectivity index is 1.93. The summed E-state index contributed by atoms with van der Waals surface area (Å²) in [5.74, 6) is 0.970. The number of hydrogen-bond acceptors (Lipinski definition) is 2. The summed E-state index contributed by atoms with van der Waals surface area (Å²) in [7, 11) is 0. The molecule has 0 aliphatic rings. The second-order valence-electron chi connectivity index (χ2n) is 5.15. The predicted octanol–water partition coefficient (Wildman–Crippen LogP) is 3.69. The molecule has 2 heterocycles. The van der Waals surface area contributed by atoms with Gasteiger partial charge < -0.3 is 13.9 Å². The number of nitrogens with zero attached hydrogens (tertiary/aromatic N) is 3. The molecule has 1 aromatic carbocycles. The number of ether oxygens (including phenoxy) is 1. The fourth-order valence-corrected chi connectivity index (χ4v) is 2.61. The molecular formula is C17H21N3O. The van der Waals surface area contributed by atoms with Crippen LogP contribution in [0.15, 0.2) is 43.0 Å². The molecule has 0 fully saturated rings. The van der Waals surface area contributed by atoms with Crippen molar-refractivity contribution in [1.82, 2.24) is 14.1 Å². The van der Waals surface area contributed by atoms with E-state index in [1.54, 1.807) is 0 Å². The summed E-state index contributed by atoms with van der Waals surface area (Å²) in [6, 6.07) is 8.37. The van der Waals surface area contributed by atoms with Crippen LogP contribution in [0.1, 0.15) is 26.0 Å². The van der Waals surface area contributed by atoms with E-state index in [0.717, 1.165) is 31.9 Å². The fourth-order valence-electron chi connectivity index (χ4n) is 2.61. The average molecular weight is 283 g/mol. The summed E-state index contributed by atoms with van der Waals surface area (Å²) < 4.78 is 10.2. The maximum Gasteiger partial charge on any atom is 0.128 e. The van der Waals surface area contributed by atoms with Gasteiger partial charge in [-0.3, -0.25) is 0 Å². The molecule has 4 heteroatoms. The SMILES string of the molecule is CCCOc1cccc2c1ccn2Cc1cncn1CC. The normalized spacial score (nSPS) is 11.1. The van der Waals surface area contributed by atoms with Gasteiger partial charge in [0, 0.05) is 24.3 Å². The number of aryl methyl sites for hydroxylation is 1. The minimum absolute atomic E-state index is 0.757. The molecule has 0 aliphatic carbocycles. The van der Waals surface area contributed by atoms with Gasteiger partial charge in [-0.25, -0.2) is 4.98 Å². The zero-order chi connectivity index (χ0) is 14.7. The van der Waals surface area contributed by atoms with Gasteiger partial charge in [0.05, 0.1) is 30.7 Å². The molecular weight excluding hydrogens is 262 g/mol. The van der Waals surface area contributed by atoms with E-state index >= 15 is 0 Å². The van der Waals surface area contributed by atoms with Gasteiger partial charge in [-0.05, 0) is 31.5 Å². The molecule has 0 unspecified atom stereocenters. The van der Waals surface area contributed by atoms with Crippen LogP contribution in [0.3, 0.4) is 0 Å². The molecule has 3 rings (SSSR count). The highest BCUT2D eigenvalue weighted by molar-refractivity contribution is 5.86. The van der Waals surface area contributed by atoms with Crippen molar-refractivity contribution in [1.29, 1.82) is 0 Å². The van der Waals surface area contributed by atoms with Crippen LogP contribution in [0, 0.1) is 0 Å². The highest BCUT2D eigenvalue weighted by Crippen LogP contribution is 2.27. The van der Waals surface area contributed by atoms with Crippen LogP contribution in [-0.4, -0.2) is 20.7 Å². The van der Waals surface area contributed by atoms with E-state index in [1.165, 1.54) is 16.6 Å². The molecule has 21 heavy (non-hydrogen) atoms. The van der Waals surface area contributed by atoms with Gasteiger partial charge in [-0.15, -0.1) is 0 Å². The van der Waals surface area contributed by atoms with Gasteiger partial charge in [0.25, 0.3) is 0 Å². The van der Waals surface area contributed by atoms with E-state index in [9.17, 15) is 0 Å². The Bertz CT molecular complexity index is 727. The number of imidazole rings is 1. The third kappa shape index (κ3) is 2.66. The summed E-state index contributed by atoms with van der Waals surface area (Å²) in [6.45, 7) is 6.79. The second kappa shape index (κ2) is 6.04. The van der Waals surface area contributed by atoms with Crippen molar-refractivity contribution in [3.8, 4) is 5.75 Å². The Hall–Kier alpha value is -2.23. The van der Waals surface area contributed by atoms with Crippen molar-refractivity contribution in [2.45, 2.75) is 33.4 Å². The number of aromatic nitrogens is 3. The Labute approximate surface area is 125 Å². The summed E-state index contributed by atoms with van der Waals surface area (Å²) in [5, 5.41) is 1.17. The van der Waals surface area contributed by atoms with Crippen LogP contribution >= 0.6 is 0 Å². The summed E-state index contributed by atoms with van der Waals surface area (Å²) in [4.78, 5) is 4.24. The van der Waals surface area contributed by atoms with Crippen molar-refractivity contribution in [3.05, 3.63) is 48.7 Å². The lowest BCUT2D eigenvalue weighted by molar-refractivity contribution is 0.321. The number of benzene rings is 1. The molecule has 110 valence electrons. The first-order valence-corrected chi connectivity index (χ1v) is 7.53. The van der Waals surface area contributed by atoms with Gasteiger partial charge >= 0.3 is 0 Å². The Morgan fingerprint density at radius 1 is 1.14 bits per heavy atom. The zero-order valence-corrected chi connectivity index (χ0v) is 12.6. The third-order valence-corrected chi connectivity index (χ3v) is 3.71. The van der Waals surface area contributed by atoms with Crippen LogP contribution in [0.25, 0.3) is 10.9 Å². The highest BCUT2D eigenvalue weighted by Gasteiger charge is 2.08. The minimum Gasteiger partial charge on any atom is -0.493 e. The highest BCUT2D eigenvalue weighted by atomic mass is 16.5. The largest absolute Gasteiger partial charge is 0.493 e. The van der Waals surface area contributed by atoms with Crippen LogP contribution < -0.4 is 4.74 Å². The summed E-state index contributed by atoms with van der Waals surface area (Å²) in [5.41, 5.74) is 2.42. The van der Waals surface area contributed by atoms with Crippen LogP contribution in [0.5, 0.6) is 5.75 Å². The standard InChI is InChI=1S/C17H21N3O/c1-3-10-21-17-7-5-6-16-15(17)8-9-20(16)12-14-11-18-13-19(14)4-2/h5-9,11,13H,3-4,10,12H2,1-2H3. The molecule has 0 N–H and O–H groups in total. The van der Waals surface area contributed by atoms with Gasteiger partial charge in [0.2, 0.25) is 0 Å². The fraction of sp³-hybridized carbons (Fsp3) is 0.353. The predicted molar refractivity (Wildman–Crippen MR) is 84.7 cm³/mol. The smallest absolute Gasteiger partial charge is 0.128 e. The summed E-state index contributed by atoms with van der Waals surface area (Å²) >= 11 is 0. The zero-order valence-electron chi connectivity index (χ0n) is 12.6. The topological polar surface area (TPSA) is 32.0 Å². The molecule has 0 aliphatic heterocycles. The lowest BCUT2D eigenvalue weighted by atomic mass is 10.2.